The Labute approximate surface area is 128 Å². The first kappa shape index (κ1) is 20.3. The third kappa shape index (κ3) is 9.06. The molecule has 0 aliphatic rings. The second kappa shape index (κ2) is 11.0. The number of hydrogen-bond donors (Lipinski definition) is 4. The molecule has 5 nitrogen and oxygen atoms in total. The number of carboxylic acid groups (broad SMARTS) is 1. The quantitative estimate of drug-likeness (QED) is 0.310. The van der Waals surface area contributed by atoms with Crippen molar-refractivity contribution in [3.8, 4) is 0 Å². The predicted octanol–water partition coefficient (Wildman–Crippen LogP) is 2.87. The van der Waals surface area contributed by atoms with Crippen molar-refractivity contribution in [2.24, 2.45) is 11.8 Å². The smallest absolute Gasteiger partial charge is 0.307 e. The van der Waals surface area contributed by atoms with Crippen LogP contribution in [0.3, 0.4) is 0 Å². The molecule has 5 heteroatoms. The van der Waals surface area contributed by atoms with E-state index in [-0.39, 0.29) is 6.42 Å². The zero-order valence-corrected chi connectivity index (χ0v) is 13.4. The molecule has 21 heavy (non-hydrogen) atoms. The summed E-state index contributed by atoms with van der Waals surface area (Å²) in [6.45, 7) is 3.82. The molecule has 0 rings (SSSR count). The molecule has 0 aromatic heterocycles. The van der Waals surface area contributed by atoms with Crippen LogP contribution in [0.2, 0.25) is 0 Å². The molecule has 0 bridgehead atoms. The van der Waals surface area contributed by atoms with E-state index in [1.165, 1.54) is 32.1 Å². The van der Waals surface area contributed by atoms with Gasteiger partial charge >= 0.3 is 5.97 Å². The third-order valence-electron chi connectivity index (χ3n) is 4.11. The number of carbonyl (C=O) groups is 1. The fourth-order valence-electron chi connectivity index (χ4n) is 2.82. The number of unbranched alkanes of at least 4 members (excludes halogenated alkanes) is 7. The normalized spacial score (nSPS) is 14.9. The van der Waals surface area contributed by atoms with Crippen molar-refractivity contribution in [2.75, 3.05) is 0 Å². The SMILES string of the molecule is CCCCCCCCCCC(C(=O)O)C(CC)C(O)(O)O. The van der Waals surface area contributed by atoms with Crippen molar-refractivity contribution in [1.29, 1.82) is 0 Å². The second-order valence-electron chi connectivity index (χ2n) is 5.91. The van der Waals surface area contributed by atoms with Crippen molar-refractivity contribution >= 4 is 5.97 Å². The van der Waals surface area contributed by atoms with Crippen LogP contribution in [0.25, 0.3) is 0 Å². The monoisotopic (exact) mass is 304 g/mol. The van der Waals surface area contributed by atoms with E-state index in [4.69, 9.17) is 0 Å². The minimum Gasteiger partial charge on any atom is -0.481 e. The second-order valence-corrected chi connectivity index (χ2v) is 5.91. The minimum atomic E-state index is -2.92. The molecule has 0 heterocycles. The highest BCUT2D eigenvalue weighted by Crippen LogP contribution is 2.29. The van der Waals surface area contributed by atoms with Gasteiger partial charge in [0, 0.05) is 0 Å². The molecule has 2 atom stereocenters. The van der Waals surface area contributed by atoms with Crippen LogP contribution in [0.4, 0.5) is 0 Å². The van der Waals surface area contributed by atoms with E-state index in [2.05, 4.69) is 6.92 Å². The maximum atomic E-state index is 11.3. The Balaban J connectivity index is 4.03. The van der Waals surface area contributed by atoms with Gasteiger partial charge in [0.05, 0.1) is 11.8 Å². The Morgan fingerprint density at radius 1 is 0.905 bits per heavy atom. The molecule has 2 unspecified atom stereocenters. The van der Waals surface area contributed by atoms with Crippen LogP contribution in [0.15, 0.2) is 0 Å². The van der Waals surface area contributed by atoms with Gasteiger partial charge < -0.3 is 20.4 Å². The number of carboxylic acids is 1. The Morgan fingerprint density at radius 2 is 1.38 bits per heavy atom. The lowest BCUT2D eigenvalue weighted by Crippen LogP contribution is -2.43. The molecule has 0 spiro atoms. The van der Waals surface area contributed by atoms with Crippen LogP contribution < -0.4 is 0 Å². The molecule has 0 aromatic carbocycles. The molecule has 0 fully saturated rings. The lowest BCUT2D eigenvalue weighted by molar-refractivity contribution is -0.349. The van der Waals surface area contributed by atoms with E-state index >= 15 is 0 Å². The van der Waals surface area contributed by atoms with Gasteiger partial charge in [-0.1, -0.05) is 65.2 Å². The van der Waals surface area contributed by atoms with Crippen LogP contribution in [-0.2, 0) is 4.79 Å². The van der Waals surface area contributed by atoms with Crippen LogP contribution in [0, 0.1) is 11.8 Å². The molecule has 0 saturated heterocycles. The Kier molecular flexibility index (Phi) is 10.6. The predicted molar refractivity (Wildman–Crippen MR) is 81.5 cm³/mol. The van der Waals surface area contributed by atoms with Gasteiger partial charge in [-0.05, 0) is 12.8 Å². The minimum absolute atomic E-state index is 0.206. The van der Waals surface area contributed by atoms with E-state index in [9.17, 15) is 25.2 Å². The van der Waals surface area contributed by atoms with E-state index < -0.39 is 23.8 Å². The van der Waals surface area contributed by atoms with Crippen LogP contribution in [0.1, 0.15) is 78.1 Å². The molecule has 0 aliphatic heterocycles. The summed E-state index contributed by atoms with van der Waals surface area (Å²) in [6.07, 6.45) is 9.47. The van der Waals surface area contributed by atoms with E-state index in [1.54, 1.807) is 6.92 Å². The zero-order chi connectivity index (χ0) is 16.3. The van der Waals surface area contributed by atoms with Gasteiger partial charge in [-0.25, -0.2) is 0 Å². The van der Waals surface area contributed by atoms with E-state index in [1.807, 2.05) is 0 Å². The summed E-state index contributed by atoms with van der Waals surface area (Å²) >= 11 is 0. The highest BCUT2D eigenvalue weighted by molar-refractivity contribution is 5.70. The van der Waals surface area contributed by atoms with Crippen LogP contribution >= 0.6 is 0 Å². The topological polar surface area (TPSA) is 98.0 Å². The van der Waals surface area contributed by atoms with Gasteiger partial charge in [0.1, 0.15) is 0 Å². The molecule has 4 N–H and O–H groups in total. The molecule has 0 radical (unpaired) electrons. The van der Waals surface area contributed by atoms with Crippen molar-refractivity contribution in [1.82, 2.24) is 0 Å². The summed E-state index contributed by atoms with van der Waals surface area (Å²) < 4.78 is 0. The molecular weight excluding hydrogens is 272 g/mol. The number of aliphatic hydroxyl groups is 3. The lowest BCUT2D eigenvalue weighted by Gasteiger charge is -2.29. The van der Waals surface area contributed by atoms with Crippen LogP contribution in [0.5, 0.6) is 0 Å². The Morgan fingerprint density at radius 3 is 1.76 bits per heavy atom. The summed E-state index contributed by atoms with van der Waals surface area (Å²) in [6, 6.07) is 0. The van der Waals surface area contributed by atoms with E-state index in [0.717, 1.165) is 19.3 Å². The van der Waals surface area contributed by atoms with E-state index in [0.29, 0.717) is 6.42 Å². The molecule has 0 saturated carbocycles. The zero-order valence-electron chi connectivity index (χ0n) is 13.4. The highest BCUT2D eigenvalue weighted by Gasteiger charge is 2.40. The Hall–Kier alpha value is -0.650. The first-order valence-electron chi connectivity index (χ1n) is 8.24. The fourth-order valence-corrected chi connectivity index (χ4v) is 2.82. The first-order chi connectivity index (χ1) is 9.84. The van der Waals surface area contributed by atoms with Crippen molar-refractivity contribution in [2.45, 2.75) is 84.0 Å². The summed E-state index contributed by atoms with van der Waals surface area (Å²) in [5.74, 6) is -5.97. The van der Waals surface area contributed by atoms with Gasteiger partial charge in [-0.2, -0.15) is 0 Å². The maximum Gasteiger partial charge on any atom is 0.307 e. The number of hydrogen-bond acceptors (Lipinski definition) is 4. The summed E-state index contributed by atoms with van der Waals surface area (Å²) in [5, 5.41) is 37.0. The molecule has 0 amide bonds. The number of aliphatic carboxylic acids is 1. The first-order valence-corrected chi connectivity index (χ1v) is 8.24. The molecular formula is C16H32O5. The average Bonchev–Trinajstić information content (AvgIpc) is 2.38. The van der Waals surface area contributed by atoms with Gasteiger partial charge in [0.15, 0.2) is 0 Å². The maximum absolute atomic E-state index is 11.3. The van der Waals surface area contributed by atoms with Gasteiger partial charge in [0.25, 0.3) is 5.97 Å². The summed E-state index contributed by atoms with van der Waals surface area (Å²) in [5.41, 5.74) is 0. The van der Waals surface area contributed by atoms with Gasteiger partial charge in [-0.3, -0.25) is 4.79 Å². The average molecular weight is 304 g/mol. The van der Waals surface area contributed by atoms with Crippen molar-refractivity contribution in [3.63, 3.8) is 0 Å². The summed E-state index contributed by atoms with van der Waals surface area (Å²) in [4.78, 5) is 11.3. The van der Waals surface area contributed by atoms with Crippen molar-refractivity contribution in [3.05, 3.63) is 0 Å². The molecule has 0 aliphatic carbocycles. The molecule has 0 aromatic rings. The highest BCUT2D eigenvalue weighted by atomic mass is 16.7. The summed E-state index contributed by atoms with van der Waals surface area (Å²) in [7, 11) is 0. The fraction of sp³-hybridized carbons (Fsp3) is 0.938. The van der Waals surface area contributed by atoms with Crippen LogP contribution in [-0.4, -0.2) is 32.4 Å². The standard InChI is InChI=1S/C16H32O5/c1-3-5-6-7-8-9-10-11-12-13(15(17)18)14(4-2)16(19,20)21/h13-14,19-21H,3-12H2,1-2H3,(H,17,18). The third-order valence-corrected chi connectivity index (χ3v) is 4.11. The molecule has 126 valence electrons. The number of rotatable bonds is 13. The Bertz CT molecular complexity index is 272. The van der Waals surface area contributed by atoms with Crippen molar-refractivity contribution < 1.29 is 25.2 Å². The van der Waals surface area contributed by atoms with Gasteiger partial charge in [0.2, 0.25) is 0 Å². The van der Waals surface area contributed by atoms with Gasteiger partial charge in [-0.15, -0.1) is 0 Å². The largest absolute Gasteiger partial charge is 0.481 e. The lowest BCUT2D eigenvalue weighted by atomic mass is 9.84.